The van der Waals surface area contributed by atoms with Gasteiger partial charge in [-0.1, -0.05) is 30.3 Å². The van der Waals surface area contributed by atoms with E-state index in [0.717, 1.165) is 5.56 Å². The molecule has 0 aliphatic carbocycles. The first-order valence-corrected chi connectivity index (χ1v) is 8.38. The minimum atomic E-state index is -0.759. The lowest BCUT2D eigenvalue weighted by Crippen LogP contribution is -2.26. The predicted molar refractivity (Wildman–Crippen MR) is 105 cm³/mol. The van der Waals surface area contributed by atoms with E-state index in [1.165, 1.54) is 24.3 Å². The van der Waals surface area contributed by atoms with Crippen LogP contribution in [0.1, 0.15) is 5.56 Å². The van der Waals surface area contributed by atoms with Crippen molar-refractivity contribution in [2.45, 2.75) is 0 Å². The largest absolute Gasteiger partial charge is 0.493 e. The molecule has 0 bridgehead atoms. The smallest absolute Gasteiger partial charge is 0.283 e. The number of nitro groups is 1. The molecule has 2 amide bonds. The number of nitrogens with one attached hydrogen (secondary N) is 2. The van der Waals surface area contributed by atoms with Crippen molar-refractivity contribution in [3.05, 3.63) is 70.3 Å². The Morgan fingerprint density at radius 1 is 1.21 bits per heavy atom. The molecule has 0 saturated carbocycles. The van der Waals surface area contributed by atoms with E-state index in [1.54, 1.807) is 6.08 Å². The minimum Gasteiger partial charge on any atom is -0.493 e. The SMILES string of the molecule is O=C(CNC(=O)C=Cc1ccccc1)N=Nc1c(O)[nH]c2ccc([N+](=O)[O-])cc12. The number of H-pyrrole nitrogens is 1. The lowest BCUT2D eigenvalue weighted by Gasteiger charge is -1.97. The number of aromatic nitrogens is 1. The number of nitrogens with zero attached hydrogens (tertiary/aromatic N) is 3. The Balaban J connectivity index is 1.64. The summed E-state index contributed by atoms with van der Waals surface area (Å²) in [6.07, 6.45) is 2.88. The van der Waals surface area contributed by atoms with Crippen LogP contribution in [0.5, 0.6) is 5.88 Å². The molecule has 0 unspecified atom stereocenters. The first kappa shape index (κ1) is 19.4. The monoisotopic (exact) mass is 393 g/mol. The predicted octanol–water partition coefficient (Wildman–Crippen LogP) is 3.22. The summed E-state index contributed by atoms with van der Waals surface area (Å²) in [7, 11) is 0. The van der Waals surface area contributed by atoms with Gasteiger partial charge in [0.15, 0.2) is 5.69 Å². The summed E-state index contributed by atoms with van der Waals surface area (Å²) in [5.41, 5.74) is 0.926. The molecule has 146 valence electrons. The molecule has 0 aliphatic rings. The van der Waals surface area contributed by atoms with Gasteiger partial charge < -0.3 is 15.4 Å². The zero-order valence-electron chi connectivity index (χ0n) is 14.9. The third-order valence-electron chi connectivity index (χ3n) is 3.85. The Morgan fingerprint density at radius 3 is 2.69 bits per heavy atom. The van der Waals surface area contributed by atoms with Crippen LogP contribution < -0.4 is 5.32 Å². The van der Waals surface area contributed by atoms with Crippen LogP contribution in [0.2, 0.25) is 0 Å². The van der Waals surface area contributed by atoms with Crippen molar-refractivity contribution in [2.24, 2.45) is 10.2 Å². The number of hydrogen-bond donors (Lipinski definition) is 3. The average Bonchev–Trinajstić information content (AvgIpc) is 3.04. The third kappa shape index (κ3) is 4.89. The summed E-state index contributed by atoms with van der Waals surface area (Å²) < 4.78 is 0. The fraction of sp³-hybridized carbons (Fsp3) is 0.0526. The Labute approximate surface area is 163 Å². The Kier molecular flexibility index (Phi) is 5.74. The summed E-state index contributed by atoms with van der Waals surface area (Å²) in [6.45, 7) is -0.398. The summed E-state index contributed by atoms with van der Waals surface area (Å²) >= 11 is 0. The van der Waals surface area contributed by atoms with Crippen LogP contribution in [-0.4, -0.2) is 33.4 Å². The number of azo groups is 1. The maximum atomic E-state index is 11.8. The molecule has 3 rings (SSSR count). The quantitative estimate of drug-likeness (QED) is 0.254. The molecule has 0 spiro atoms. The highest BCUT2D eigenvalue weighted by Gasteiger charge is 2.15. The molecule has 0 saturated heterocycles. The maximum Gasteiger partial charge on any atom is 0.283 e. The number of hydrogen-bond acceptors (Lipinski definition) is 6. The second-order valence-corrected chi connectivity index (χ2v) is 5.86. The van der Waals surface area contributed by atoms with Crippen LogP contribution in [0.25, 0.3) is 17.0 Å². The van der Waals surface area contributed by atoms with Gasteiger partial charge in [0.2, 0.25) is 11.8 Å². The molecule has 10 nitrogen and oxygen atoms in total. The van der Waals surface area contributed by atoms with E-state index in [2.05, 4.69) is 20.5 Å². The molecule has 1 aromatic heterocycles. The molecule has 29 heavy (non-hydrogen) atoms. The van der Waals surface area contributed by atoms with E-state index in [-0.39, 0.29) is 22.6 Å². The second-order valence-electron chi connectivity index (χ2n) is 5.86. The Bertz CT molecular complexity index is 1130. The molecule has 0 radical (unpaired) electrons. The van der Waals surface area contributed by atoms with Crippen LogP contribution in [0.15, 0.2) is 64.8 Å². The number of non-ortho nitro benzene ring substituents is 1. The lowest BCUT2D eigenvalue weighted by molar-refractivity contribution is -0.384. The highest BCUT2D eigenvalue weighted by Crippen LogP contribution is 2.37. The van der Waals surface area contributed by atoms with Gasteiger partial charge in [-0.25, -0.2) is 0 Å². The Morgan fingerprint density at radius 2 is 1.97 bits per heavy atom. The van der Waals surface area contributed by atoms with Crippen LogP contribution in [0, 0.1) is 10.1 Å². The number of aromatic amines is 1. The standard InChI is InChI=1S/C19H15N5O5/c25-16(9-6-12-4-2-1-3-5-12)20-11-17(26)22-23-18-14-10-13(24(28)29)7-8-15(14)21-19(18)27/h1-10,21,27H,11H2,(H,20,25). The number of amides is 2. The normalized spacial score (nSPS) is 11.3. The number of benzene rings is 2. The van der Waals surface area contributed by atoms with Crippen LogP contribution in [0.4, 0.5) is 11.4 Å². The molecule has 0 fully saturated rings. The van der Waals surface area contributed by atoms with Crippen molar-refractivity contribution in [3.8, 4) is 5.88 Å². The average molecular weight is 393 g/mol. The molecule has 10 heteroatoms. The van der Waals surface area contributed by atoms with Gasteiger partial charge in [-0.2, -0.15) is 0 Å². The molecule has 3 aromatic rings. The first-order valence-electron chi connectivity index (χ1n) is 8.38. The highest BCUT2D eigenvalue weighted by molar-refractivity contribution is 5.96. The first-order chi connectivity index (χ1) is 13.9. The van der Waals surface area contributed by atoms with E-state index in [4.69, 9.17) is 0 Å². The van der Waals surface area contributed by atoms with Crippen LogP contribution in [0.3, 0.4) is 0 Å². The van der Waals surface area contributed by atoms with E-state index in [9.17, 15) is 24.8 Å². The minimum absolute atomic E-state index is 0.104. The van der Waals surface area contributed by atoms with Crippen molar-refractivity contribution in [2.75, 3.05) is 6.54 Å². The van der Waals surface area contributed by atoms with E-state index >= 15 is 0 Å². The number of aromatic hydroxyl groups is 1. The molecule has 3 N–H and O–H groups in total. The fourth-order valence-corrected chi connectivity index (χ4v) is 2.47. The van der Waals surface area contributed by atoms with Crippen molar-refractivity contribution < 1.29 is 19.6 Å². The van der Waals surface area contributed by atoms with Crippen molar-refractivity contribution in [1.82, 2.24) is 10.3 Å². The molecular weight excluding hydrogens is 378 g/mol. The van der Waals surface area contributed by atoms with Gasteiger partial charge in [-0.3, -0.25) is 19.7 Å². The number of rotatable bonds is 6. The third-order valence-corrected chi connectivity index (χ3v) is 3.85. The van der Waals surface area contributed by atoms with Gasteiger partial charge in [0.1, 0.15) is 6.54 Å². The van der Waals surface area contributed by atoms with Crippen molar-refractivity contribution in [3.63, 3.8) is 0 Å². The van der Waals surface area contributed by atoms with Gasteiger partial charge in [-0.05, 0) is 17.7 Å². The lowest BCUT2D eigenvalue weighted by atomic mass is 10.2. The number of nitro benzene ring substituents is 1. The van der Waals surface area contributed by atoms with Gasteiger partial charge in [0.25, 0.3) is 11.6 Å². The summed E-state index contributed by atoms with van der Waals surface area (Å²) in [5.74, 6) is -1.62. The Hall–Kier alpha value is -4.34. The molecule has 1 heterocycles. The number of carbonyl (C=O) groups excluding carboxylic acids is 2. The van der Waals surface area contributed by atoms with Crippen LogP contribution in [-0.2, 0) is 9.59 Å². The number of carbonyl (C=O) groups is 2. The second kappa shape index (κ2) is 8.57. The molecule has 0 atom stereocenters. The van der Waals surface area contributed by atoms with E-state index in [1.807, 2.05) is 30.3 Å². The van der Waals surface area contributed by atoms with Crippen molar-refractivity contribution >= 4 is 40.2 Å². The molecule has 0 aliphatic heterocycles. The van der Waals surface area contributed by atoms with E-state index in [0.29, 0.717) is 5.52 Å². The zero-order valence-corrected chi connectivity index (χ0v) is 14.9. The zero-order chi connectivity index (χ0) is 20.8. The van der Waals surface area contributed by atoms with Gasteiger partial charge in [-0.15, -0.1) is 10.2 Å². The summed E-state index contributed by atoms with van der Waals surface area (Å²) in [5, 5.41) is 30.5. The van der Waals surface area contributed by atoms with Gasteiger partial charge >= 0.3 is 0 Å². The fourth-order valence-electron chi connectivity index (χ4n) is 2.47. The van der Waals surface area contributed by atoms with Crippen LogP contribution >= 0.6 is 0 Å². The molecule has 2 aromatic carbocycles. The van der Waals surface area contributed by atoms with Gasteiger partial charge in [0.05, 0.1) is 10.4 Å². The van der Waals surface area contributed by atoms with Gasteiger partial charge in [0, 0.05) is 23.6 Å². The highest BCUT2D eigenvalue weighted by atomic mass is 16.6. The topological polar surface area (TPSA) is 150 Å². The van der Waals surface area contributed by atoms with Crippen molar-refractivity contribution in [1.29, 1.82) is 0 Å². The number of fused-ring (bicyclic) bond motifs is 1. The maximum absolute atomic E-state index is 11.8. The summed E-state index contributed by atoms with van der Waals surface area (Å²) in [4.78, 5) is 36.5. The summed E-state index contributed by atoms with van der Waals surface area (Å²) in [6, 6.07) is 13.0. The van der Waals surface area contributed by atoms with E-state index < -0.39 is 23.3 Å². The molecular formula is C19H15N5O5.